The predicted molar refractivity (Wildman–Crippen MR) is 80.3 cm³/mol. The Kier molecular flexibility index (Phi) is 30.9. The van der Waals surface area contributed by atoms with Crippen molar-refractivity contribution in [2.45, 2.75) is 26.9 Å². The Morgan fingerprint density at radius 2 is 1.10 bits per heavy atom. The monoisotopic (exact) mass is 383 g/mol. The average molecular weight is 385 g/mol. The largest absolute Gasteiger partial charge is 0.490 e. The highest BCUT2D eigenvalue weighted by Crippen LogP contribution is 2.13. The number of carboxylic acid groups (broad SMARTS) is 1. The van der Waals surface area contributed by atoms with E-state index in [-0.39, 0.29) is 10.7 Å². The average Bonchev–Trinajstić information content (AvgIpc) is 2.33. The summed E-state index contributed by atoms with van der Waals surface area (Å²) in [4.78, 5) is 11.3. The van der Waals surface area contributed by atoms with Crippen molar-refractivity contribution in [1.82, 2.24) is 4.90 Å². The second-order valence-electron chi connectivity index (χ2n) is 2.62. The Morgan fingerprint density at radius 1 is 0.950 bits per heavy atom. The van der Waals surface area contributed by atoms with Crippen molar-refractivity contribution in [3.63, 3.8) is 0 Å². The molecule has 0 aromatic rings. The van der Waals surface area contributed by atoms with E-state index in [9.17, 15) is 13.2 Å². The number of rotatable bonds is 3. The van der Waals surface area contributed by atoms with Gasteiger partial charge in [-0.25, -0.2) is 4.79 Å². The molecule has 0 aliphatic heterocycles. The van der Waals surface area contributed by atoms with Crippen LogP contribution in [0, 0.1) is 0 Å². The summed E-state index contributed by atoms with van der Waals surface area (Å²) >= 11 is 19.1. The Labute approximate surface area is 137 Å². The van der Waals surface area contributed by atoms with Crippen LogP contribution in [0.4, 0.5) is 13.2 Å². The number of carboxylic acids is 1. The van der Waals surface area contributed by atoms with Crippen molar-refractivity contribution >= 4 is 52.4 Å². The maximum atomic E-state index is 10.6. The van der Waals surface area contributed by atoms with Gasteiger partial charge in [-0.2, -0.15) is 13.2 Å². The smallest absolute Gasteiger partial charge is 0.475 e. The van der Waals surface area contributed by atoms with Crippen LogP contribution in [0.25, 0.3) is 0 Å². The van der Waals surface area contributed by atoms with Crippen molar-refractivity contribution < 1.29 is 23.1 Å². The SMILES string of the molecule is CCN(CC)CC.ClCCl.ClCCl.O=C(O)C(F)(F)F. The van der Waals surface area contributed by atoms with Crippen LogP contribution in [-0.4, -0.2) is 52.5 Å². The third-order valence-corrected chi connectivity index (χ3v) is 1.58. The van der Waals surface area contributed by atoms with Gasteiger partial charge >= 0.3 is 12.1 Å². The molecule has 0 fully saturated rings. The second-order valence-corrected chi connectivity index (χ2v) is 4.24. The van der Waals surface area contributed by atoms with Crippen molar-refractivity contribution in [1.29, 1.82) is 0 Å². The summed E-state index contributed by atoms with van der Waals surface area (Å²) in [5, 5.41) is 7.51. The zero-order valence-corrected chi connectivity index (χ0v) is 14.5. The molecule has 0 unspecified atom stereocenters. The van der Waals surface area contributed by atoms with E-state index in [1.54, 1.807) is 0 Å². The van der Waals surface area contributed by atoms with Gasteiger partial charge in [-0.15, -0.1) is 46.4 Å². The highest BCUT2D eigenvalue weighted by atomic mass is 35.5. The molecule has 126 valence electrons. The fourth-order valence-electron chi connectivity index (χ4n) is 0.671. The lowest BCUT2D eigenvalue weighted by molar-refractivity contribution is -0.192. The van der Waals surface area contributed by atoms with Crippen molar-refractivity contribution in [3.8, 4) is 0 Å². The third kappa shape index (κ3) is 36.2. The van der Waals surface area contributed by atoms with E-state index in [2.05, 4.69) is 25.7 Å². The molecule has 1 N–H and O–H groups in total. The maximum absolute atomic E-state index is 10.6. The van der Waals surface area contributed by atoms with Crippen LogP contribution in [0.15, 0.2) is 0 Å². The molecule has 0 aromatic carbocycles. The second kappa shape index (κ2) is 21.7. The first-order valence-corrected chi connectivity index (χ1v) is 7.52. The summed E-state index contributed by atoms with van der Waals surface area (Å²) < 4.78 is 31.7. The van der Waals surface area contributed by atoms with Crippen molar-refractivity contribution in [2.75, 3.05) is 30.3 Å². The van der Waals surface area contributed by atoms with Gasteiger partial charge in [0.05, 0.1) is 10.7 Å². The molecule has 0 radical (unpaired) electrons. The van der Waals surface area contributed by atoms with Crippen molar-refractivity contribution in [2.24, 2.45) is 0 Å². The normalized spacial score (nSPS) is 9.35. The van der Waals surface area contributed by atoms with Crippen molar-refractivity contribution in [3.05, 3.63) is 0 Å². The number of alkyl halides is 7. The number of hydrogen-bond acceptors (Lipinski definition) is 2. The number of halogens is 7. The van der Waals surface area contributed by atoms with Crippen LogP contribution in [0.1, 0.15) is 20.8 Å². The molecule has 3 nitrogen and oxygen atoms in total. The van der Waals surface area contributed by atoms with E-state index in [0.717, 1.165) is 0 Å². The summed E-state index contributed by atoms with van der Waals surface area (Å²) in [5.74, 6) is -2.76. The lowest BCUT2D eigenvalue weighted by atomic mass is 10.5. The van der Waals surface area contributed by atoms with E-state index in [4.69, 9.17) is 56.3 Å². The molecule has 0 heterocycles. The van der Waals surface area contributed by atoms with Gasteiger partial charge in [0.1, 0.15) is 0 Å². The molecular formula is C10H20Cl4F3NO2. The fraction of sp³-hybridized carbons (Fsp3) is 0.900. The van der Waals surface area contributed by atoms with Crippen LogP contribution < -0.4 is 0 Å². The van der Waals surface area contributed by atoms with Gasteiger partial charge in [0, 0.05) is 0 Å². The van der Waals surface area contributed by atoms with Gasteiger partial charge in [-0.3, -0.25) is 0 Å². The summed E-state index contributed by atoms with van der Waals surface area (Å²) in [6.07, 6.45) is -5.08. The van der Waals surface area contributed by atoms with Gasteiger partial charge in [0.25, 0.3) is 0 Å². The number of carbonyl (C=O) groups is 1. The zero-order chi connectivity index (χ0) is 17.2. The summed E-state index contributed by atoms with van der Waals surface area (Å²) in [7, 11) is 0. The van der Waals surface area contributed by atoms with Gasteiger partial charge < -0.3 is 10.0 Å². The van der Waals surface area contributed by atoms with E-state index < -0.39 is 12.1 Å². The first-order valence-electron chi connectivity index (χ1n) is 5.38. The molecular weight excluding hydrogens is 365 g/mol. The molecule has 0 aliphatic rings. The standard InChI is InChI=1S/C6H15N.C2HF3O2.2CH2Cl2/c1-4-7(5-2)6-3;3-2(4,5)1(6)7;2*2-1-3/h4-6H2,1-3H3;(H,6,7);2*1H2. The number of aliphatic carboxylic acids is 1. The molecule has 0 saturated carbocycles. The maximum Gasteiger partial charge on any atom is 0.490 e. The van der Waals surface area contributed by atoms with E-state index >= 15 is 0 Å². The lowest BCUT2D eigenvalue weighted by Gasteiger charge is -2.13. The van der Waals surface area contributed by atoms with E-state index in [1.807, 2.05) is 0 Å². The number of nitrogens with zero attached hydrogens (tertiary/aromatic N) is 1. The van der Waals surface area contributed by atoms with Gasteiger partial charge in [-0.05, 0) is 19.6 Å². The Bertz CT molecular complexity index is 186. The van der Waals surface area contributed by atoms with Gasteiger partial charge in [-0.1, -0.05) is 20.8 Å². The summed E-state index contributed by atoms with van der Waals surface area (Å²) in [6, 6.07) is 0. The Balaban J connectivity index is -0.0000000927. The molecule has 0 rings (SSSR count). The van der Waals surface area contributed by atoms with Gasteiger partial charge in [0.2, 0.25) is 0 Å². The first-order chi connectivity index (χ1) is 9.12. The molecule has 0 bridgehead atoms. The highest BCUT2D eigenvalue weighted by molar-refractivity contribution is 6.40. The molecule has 0 spiro atoms. The van der Waals surface area contributed by atoms with Crippen LogP contribution in [0.3, 0.4) is 0 Å². The van der Waals surface area contributed by atoms with Crippen LogP contribution >= 0.6 is 46.4 Å². The topological polar surface area (TPSA) is 40.5 Å². The number of hydrogen-bond donors (Lipinski definition) is 1. The fourth-order valence-corrected chi connectivity index (χ4v) is 0.671. The van der Waals surface area contributed by atoms with Gasteiger partial charge in [0.15, 0.2) is 0 Å². The minimum atomic E-state index is -5.08. The molecule has 0 aliphatic carbocycles. The molecule has 0 saturated heterocycles. The van der Waals surface area contributed by atoms with Crippen LogP contribution in [0.5, 0.6) is 0 Å². The Morgan fingerprint density at radius 3 is 1.10 bits per heavy atom. The highest BCUT2D eigenvalue weighted by Gasteiger charge is 2.38. The van der Waals surface area contributed by atoms with Crippen LogP contribution in [0.2, 0.25) is 0 Å². The minimum absolute atomic E-state index is 0.194. The quantitative estimate of drug-likeness (QED) is 0.708. The molecule has 0 atom stereocenters. The van der Waals surface area contributed by atoms with E-state index in [1.165, 1.54) is 19.6 Å². The predicted octanol–water partition coefficient (Wildman–Crippen LogP) is 4.82. The molecule has 10 heteroatoms. The summed E-state index contributed by atoms with van der Waals surface area (Å²) in [6.45, 7) is 10.1. The van der Waals surface area contributed by atoms with Crippen LogP contribution in [-0.2, 0) is 4.79 Å². The first kappa shape index (κ1) is 28.5. The molecule has 0 aromatic heterocycles. The zero-order valence-electron chi connectivity index (χ0n) is 11.5. The third-order valence-electron chi connectivity index (χ3n) is 1.58. The Hall–Kier alpha value is 0.380. The van der Waals surface area contributed by atoms with E-state index in [0.29, 0.717) is 0 Å². The summed E-state index contributed by atoms with van der Waals surface area (Å²) in [5.41, 5.74) is 0. The molecule has 0 amide bonds. The lowest BCUT2D eigenvalue weighted by Crippen LogP contribution is -2.21. The minimum Gasteiger partial charge on any atom is -0.475 e. The molecule has 20 heavy (non-hydrogen) atoms.